The highest BCUT2D eigenvalue weighted by Gasteiger charge is 2.45. The first-order valence-corrected chi connectivity index (χ1v) is 52.7. The van der Waals surface area contributed by atoms with E-state index in [4.69, 9.17) is 4.99 Å². The molecule has 0 spiro atoms. The number of unbranched alkanes of at least 4 members (excludes halogenated alkanes) is 27. The summed E-state index contributed by atoms with van der Waals surface area (Å²) in [5.41, 5.74) is 4.35. The Morgan fingerprint density at radius 1 is 0.300 bits per heavy atom. The van der Waals surface area contributed by atoms with Crippen LogP contribution >= 0.6 is 0 Å². The van der Waals surface area contributed by atoms with E-state index in [1.165, 1.54) is 0 Å². The van der Waals surface area contributed by atoms with Gasteiger partial charge in [0.15, 0.2) is 0 Å². The molecule has 4 aliphatic heterocycles. The fourth-order valence-electron chi connectivity index (χ4n) is 24.1. The molecule has 2 fully saturated rings. The van der Waals surface area contributed by atoms with Crippen LogP contribution in [0.2, 0.25) is 0 Å². The number of anilines is 3. The lowest BCUT2D eigenvalue weighted by molar-refractivity contribution is 0.0502. The molecule has 2 N–H and O–H groups in total. The van der Waals surface area contributed by atoms with Crippen molar-refractivity contribution >= 4 is 148 Å². The van der Waals surface area contributed by atoms with Gasteiger partial charge in [-0.25, -0.2) is 0 Å². The maximum absolute atomic E-state index is 16.2. The number of pyridine rings is 2. The summed E-state index contributed by atoms with van der Waals surface area (Å²) in [5.74, 6) is -0.695. The molecule has 10 aromatic carbocycles. The van der Waals surface area contributed by atoms with E-state index in [0.29, 0.717) is 73.3 Å². The Morgan fingerprint density at radius 3 is 1.03 bits per heavy atom. The summed E-state index contributed by atoms with van der Waals surface area (Å²) in [7, 11) is 0. The molecule has 694 valence electrons. The van der Waals surface area contributed by atoms with E-state index in [1.807, 2.05) is 24.3 Å². The van der Waals surface area contributed by atoms with Crippen molar-refractivity contribution in [1.82, 2.24) is 18.9 Å². The summed E-state index contributed by atoms with van der Waals surface area (Å²) in [6.45, 7) is 22.0. The average molecular weight is 1760 g/mol. The largest absolute Gasteiger partial charge is 0.494 e. The highest BCUT2D eigenvalue weighted by atomic mass is 16.3. The second kappa shape index (κ2) is 43.5. The van der Waals surface area contributed by atoms with Crippen molar-refractivity contribution in [3.05, 3.63) is 131 Å². The monoisotopic (exact) mass is 1760 g/mol. The number of fused-ring (bicyclic) bond motifs is 4. The molecular formula is C114H150N8O8. The molecule has 2 atom stereocenters. The van der Waals surface area contributed by atoms with Crippen LogP contribution in [0.5, 0.6) is 5.88 Å². The van der Waals surface area contributed by atoms with Crippen LogP contribution in [0, 0.1) is 0 Å². The maximum Gasteiger partial charge on any atom is 0.263 e. The van der Waals surface area contributed by atoms with Gasteiger partial charge in [0.05, 0.1) is 38.6 Å². The number of hydrogen-bond acceptors (Lipinski definition) is 12. The average Bonchev–Trinajstić information content (AvgIpc) is 0.771. The van der Waals surface area contributed by atoms with Crippen molar-refractivity contribution in [3.63, 3.8) is 0 Å². The van der Waals surface area contributed by atoms with Gasteiger partial charge in [-0.2, -0.15) is 0 Å². The van der Waals surface area contributed by atoms with Gasteiger partial charge in [0.2, 0.25) is 5.88 Å². The topological polar surface area (TPSA) is 187 Å². The van der Waals surface area contributed by atoms with Crippen molar-refractivity contribution in [2.75, 3.05) is 54.4 Å². The van der Waals surface area contributed by atoms with E-state index in [1.54, 1.807) is 18.9 Å². The van der Waals surface area contributed by atoms with E-state index in [-0.39, 0.29) is 70.4 Å². The van der Waals surface area contributed by atoms with Crippen LogP contribution in [-0.2, 0) is 0 Å². The Balaban J connectivity index is 0.617. The summed E-state index contributed by atoms with van der Waals surface area (Å²) in [6.07, 6.45) is 48.3. The zero-order valence-corrected chi connectivity index (χ0v) is 80.4. The van der Waals surface area contributed by atoms with Crippen molar-refractivity contribution in [2.24, 2.45) is 4.99 Å². The molecule has 4 amide bonds. The van der Waals surface area contributed by atoms with Crippen molar-refractivity contribution in [3.8, 4) is 5.88 Å². The van der Waals surface area contributed by atoms with Gasteiger partial charge in [-0.1, -0.05) is 298 Å². The number of amides is 4. The van der Waals surface area contributed by atoms with Crippen LogP contribution in [0.1, 0.15) is 417 Å². The third-order valence-corrected chi connectivity index (χ3v) is 30.9. The first kappa shape index (κ1) is 93.8. The minimum absolute atomic E-state index is 0.0195. The predicted molar refractivity (Wildman–Crippen MR) is 546 cm³/mol. The zero-order chi connectivity index (χ0) is 90.6. The van der Waals surface area contributed by atoms with Gasteiger partial charge in [-0.05, 0) is 203 Å². The Morgan fingerprint density at radius 2 is 0.631 bits per heavy atom. The van der Waals surface area contributed by atoms with Gasteiger partial charge in [-0.15, -0.1) is 0 Å². The van der Waals surface area contributed by atoms with E-state index in [2.05, 4.69) is 119 Å². The number of benzene rings is 10. The number of hydrogen-bond donors (Lipinski definition) is 2. The first-order valence-electron chi connectivity index (χ1n) is 52.7. The first-order chi connectivity index (χ1) is 63.7. The second-order valence-electron chi connectivity index (χ2n) is 39.9. The second-order valence-corrected chi connectivity index (χ2v) is 39.9. The third-order valence-electron chi connectivity index (χ3n) is 30.9. The highest BCUT2D eigenvalue weighted by Crippen LogP contribution is 2.54. The summed E-state index contributed by atoms with van der Waals surface area (Å²) in [6, 6.07) is 24.3. The number of carbonyl (C=O) groups excluding carboxylic acids is 4. The van der Waals surface area contributed by atoms with Crippen LogP contribution in [0.25, 0.3) is 108 Å². The lowest BCUT2D eigenvalue weighted by atomic mass is 9.80. The number of aromatic nitrogens is 2. The molecule has 2 unspecified atom stereocenters. The molecule has 0 aliphatic carbocycles. The normalized spacial score (nSPS) is 15.3. The van der Waals surface area contributed by atoms with E-state index in [0.717, 1.165) is 427 Å². The molecule has 0 radical (unpaired) electrons. The fourth-order valence-corrected chi connectivity index (χ4v) is 24.1. The standard InChI is InChI=1S/C114H150N8O8/c1-9-17-23-37-49-75(50-38-24-18-10-2)119-107(123)83-61-57-79-80-58-62-84-100-96(80)88(87-71-91(115-65-15-7)103(111(119)127)99(83)95(79)87)72-92(116-66-16-8)104(100)112(128)120(108(84)124)76(51-39-25-19-11-3)55-43-35-33-31-29-30-32-34-36-44-56-78(54-42-28-22-14-6)122-110(126)86-64-60-82-81-59-63-85-101-97(81)89(90-74-94(118-69-47-48-70-118)106(114(122)130)102(86)98(82)90)73-93(117-67-45-46-68-117)105(101)113(129)121(109(85)125)77(52-40-26-20-12-4)53-41-27-21-13-5/h57-64,71-78,116,123H,9-56,65-70H2,1-8H3. The lowest BCUT2D eigenvalue weighted by Crippen LogP contribution is -2.48. The Hall–Kier alpha value is -9.44. The Kier molecular flexibility index (Phi) is 31.4. The summed E-state index contributed by atoms with van der Waals surface area (Å²) < 4.78 is 3.39. The summed E-state index contributed by atoms with van der Waals surface area (Å²) in [4.78, 5) is 124. The molecule has 16 rings (SSSR count). The predicted octanol–water partition coefficient (Wildman–Crippen LogP) is 28.9. The van der Waals surface area contributed by atoms with Gasteiger partial charge in [0.1, 0.15) is 0 Å². The van der Waals surface area contributed by atoms with Crippen LogP contribution in [-0.4, -0.2) is 99.0 Å². The Labute approximate surface area is 771 Å². The lowest BCUT2D eigenvalue weighted by Gasteiger charge is -2.38. The van der Waals surface area contributed by atoms with Gasteiger partial charge >= 0.3 is 0 Å². The number of rotatable bonds is 54. The minimum Gasteiger partial charge on any atom is -0.494 e. The van der Waals surface area contributed by atoms with Crippen LogP contribution < -0.4 is 37.2 Å². The van der Waals surface area contributed by atoms with Gasteiger partial charge in [0, 0.05) is 113 Å². The molecule has 2 aromatic heterocycles. The van der Waals surface area contributed by atoms with Crippen LogP contribution in [0.4, 0.5) is 17.1 Å². The molecular weight excluding hydrogens is 1610 g/mol. The van der Waals surface area contributed by atoms with Crippen molar-refractivity contribution in [1.29, 1.82) is 0 Å². The number of nitrogens with one attached hydrogen (secondary N) is 1. The van der Waals surface area contributed by atoms with E-state index >= 15 is 33.6 Å². The SMILES string of the molecule is CCCCCCC(CCCCCC)N1C(=O)c2ccc3c4ccc5c6c(c(N7CCCC7)cc(c7cc(N8CCCC8)c(c2c37)C1=O)c64)C(=O)N(C(CCCCCC)CCCCCCCCCCCCC(CCCCCC)n1c(=O)c2ccc3c4ccc6c(O)n(C(CCCCCC)CCCCCC)c(=O)c7c(=NCCC)cc(c8cc(NCCC)c(c1=O)c2c38)c4c67)C5=O. The highest BCUT2D eigenvalue weighted by molar-refractivity contribution is 6.44. The molecule has 130 heavy (non-hydrogen) atoms. The van der Waals surface area contributed by atoms with Crippen LogP contribution in [0.3, 0.4) is 0 Å². The molecule has 0 saturated carbocycles. The molecule has 16 heteroatoms. The number of aromatic hydroxyl groups is 1. The minimum atomic E-state index is -0.254. The molecule has 12 aromatic rings. The molecule has 4 aliphatic rings. The maximum atomic E-state index is 16.2. The molecule has 6 heterocycles. The zero-order valence-electron chi connectivity index (χ0n) is 80.4. The van der Waals surface area contributed by atoms with E-state index < -0.39 is 0 Å². The van der Waals surface area contributed by atoms with Gasteiger partial charge in [0.25, 0.3) is 40.3 Å². The smallest absolute Gasteiger partial charge is 0.263 e. The van der Waals surface area contributed by atoms with Gasteiger partial charge in [-0.3, -0.25) is 57.5 Å². The molecule has 2 saturated heterocycles. The molecule has 16 nitrogen and oxygen atoms in total. The third kappa shape index (κ3) is 18.3. The Bertz CT molecular complexity index is 6240. The van der Waals surface area contributed by atoms with Crippen molar-refractivity contribution < 1.29 is 24.3 Å². The van der Waals surface area contributed by atoms with E-state index in [9.17, 15) is 5.11 Å². The molecule has 0 bridgehead atoms. The van der Waals surface area contributed by atoms with Crippen LogP contribution in [0.15, 0.2) is 92.2 Å². The summed E-state index contributed by atoms with van der Waals surface area (Å²) >= 11 is 0. The number of imide groups is 2. The number of carbonyl (C=O) groups is 4. The van der Waals surface area contributed by atoms with Gasteiger partial charge < -0.3 is 20.2 Å². The fraction of sp³-hybridized carbons (Fsp3) is 0.579. The number of nitrogens with zero attached hydrogens (tertiary/aromatic N) is 7. The quantitative estimate of drug-likeness (QED) is 0.0160. The summed E-state index contributed by atoms with van der Waals surface area (Å²) in [5, 5.41) is 33.3. The van der Waals surface area contributed by atoms with Crippen molar-refractivity contribution in [2.45, 2.75) is 388 Å².